The highest BCUT2D eigenvalue weighted by molar-refractivity contribution is 5.95. The lowest BCUT2D eigenvalue weighted by molar-refractivity contribution is 0.130. The van der Waals surface area contributed by atoms with Crippen molar-refractivity contribution >= 4 is 22.7 Å². The molecule has 5 heteroatoms. The number of anilines is 1. The monoisotopic (exact) mass is 387 g/mol. The zero-order chi connectivity index (χ0) is 20.5. The number of nitrogens with zero attached hydrogens (tertiary/aromatic N) is 2. The maximum Gasteiger partial charge on any atom is 0.411 e. The summed E-state index contributed by atoms with van der Waals surface area (Å²) >= 11 is 0. The van der Waals surface area contributed by atoms with Crippen LogP contribution >= 0.6 is 0 Å². The highest BCUT2D eigenvalue weighted by Gasteiger charge is 2.27. The molecule has 1 N–H and O–H groups in total. The summed E-state index contributed by atoms with van der Waals surface area (Å²) < 4.78 is 7.48. The van der Waals surface area contributed by atoms with Gasteiger partial charge in [0, 0.05) is 17.1 Å². The van der Waals surface area contributed by atoms with E-state index in [2.05, 4.69) is 41.1 Å². The second-order valence-electron chi connectivity index (χ2n) is 7.97. The topological polar surface area (TPSA) is 67.1 Å². The van der Waals surface area contributed by atoms with E-state index in [4.69, 9.17) is 4.74 Å². The maximum atomic E-state index is 11.8. The van der Waals surface area contributed by atoms with E-state index in [9.17, 15) is 10.1 Å². The van der Waals surface area contributed by atoms with Gasteiger partial charge in [0.2, 0.25) is 0 Å². The first-order valence-electron chi connectivity index (χ1n) is 10.1. The fraction of sp³-hybridized carbons (Fsp3) is 0.333. The molecular weight excluding hydrogens is 362 g/mol. The average molecular weight is 387 g/mol. The van der Waals surface area contributed by atoms with Crippen molar-refractivity contribution in [3.63, 3.8) is 0 Å². The van der Waals surface area contributed by atoms with Crippen LogP contribution in [0.2, 0.25) is 0 Å². The quantitative estimate of drug-likeness (QED) is 0.582. The third-order valence-electron chi connectivity index (χ3n) is 5.46. The standard InChI is InChI=1S/C24H25N3O2/c1-15(2)29-24(28)26-18-10-8-17(9-11-18)23-21(14-25)20-12-7-16(3)13-22(20)27(23)19-5-4-6-19/h7-13,15,19H,4-6H2,1-3H3,(H,26,28). The molecule has 1 heterocycles. The van der Waals surface area contributed by atoms with Crippen LogP contribution in [0.4, 0.5) is 10.5 Å². The second-order valence-corrected chi connectivity index (χ2v) is 7.97. The Morgan fingerprint density at radius 3 is 2.52 bits per heavy atom. The molecule has 0 spiro atoms. The Kier molecular flexibility index (Phi) is 5.02. The number of carbonyl (C=O) groups excluding carboxylic acids is 1. The summed E-state index contributed by atoms with van der Waals surface area (Å²) in [6, 6.07) is 16.8. The molecule has 29 heavy (non-hydrogen) atoms. The number of nitriles is 1. The predicted molar refractivity (Wildman–Crippen MR) is 115 cm³/mol. The smallest absolute Gasteiger partial charge is 0.411 e. The van der Waals surface area contributed by atoms with Gasteiger partial charge in [-0.1, -0.05) is 24.3 Å². The van der Waals surface area contributed by atoms with Gasteiger partial charge in [0.25, 0.3) is 0 Å². The van der Waals surface area contributed by atoms with Crippen molar-refractivity contribution in [2.24, 2.45) is 0 Å². The fourth-order valence-corrected chi connectivity index (χ4v) is 3.91. The van der Waals surface area contributed by atoms with Gasteiger partial charge in [-0.05, 0) is 69.4 Å². The van der Waals surface area contributed by atoms with Gasteiger partial charge in [0.15, 0.2) is 0 Å². The summed E-state index contributed by atoms with van der Waals surface area (Å²) in [5.41, 5.74) is 5.64. The third-order valence-corrected chi connectivity index (χ3v) is 5.46. The molecule has 3 aromatic rings. The molecule has 1 aromatic heterocycles. The van der Waals surface area contributed by atoms with Crippen molar-refractivity contribution in [2.75, 3.05) is 5.32 Å². The predicted octanol–water partition coefficient (Wildman–Crippen LogP) is 6.17. The second kappa shape index (κ2) is 7.63. The number of carbonyl (C=O) groups is 1. The van der Waals surface area contributed by atoms with Gasteiger partial charge < -0.3 is 9.30 Å². The molecule has 148 valence electrons. The summed E-state index contributed by atoms with van der Waals surface area (Å²) in [5.74, 6) is 0. The van der Waals surface area contributed by atoms with E-state index in [-0.39, 0.29) is 6.10 Å². The van der Waals surface area contributed by atoms with E-state index in [1.807, 2.05) is 38.1 Å². The number of amides is 1. The van der Waals surface area contributed by atoms with E-state index in [0.29, 0.717) is 17.3 Å². The zero-order valence-electron chi connectivity index (χ0n) is 17.0. The van der Waals surface area contributed by atoms with Crippen LogP contribution in [0.5, 0.6) is 0 Å². The zero-order valence-corrected chi connectivity index (χ0v) is 17.0. The van der Waals surface area contributed by atoms with Crippen LogP contribution < -0.4 is 5.32 Å². The summed E-state index contributed by atoms with van der Waals surface area (Å²) in [4.78, 5) is 11.8. The molecule has 1 fully saturated rings. The summed E-state index contributed by atoms with van der Waals surface area (Å²) in [7, 11) is 0. The van der Waals surface area contributed by atoms with Crippen molar-refractivity contribution in [2.45, 2.75) is 52.2 Å². The number of fused-ring (bicyclic) bond motifs is 1. The summed E-state index contributed by atoms with van der Waals surface area (Å²) in [6.45, 7) is 5.71. The molecule has 0 aliphatic heterocycles. The molecule has 1 aliphatic carbocycles. The largest absolute Gasteiger partial charge is 0.447 e. The van der Waals surface area contributed by atoms with Crippen LogP contribution in [-0.2, 0) is 4.74 Å². The number of aromatic nitrogens is 1. The van der Waals surface area contributed by atoms with Gasteiger partial charge in [-0.2, -0.15) is 5.26 Å². The van der Waals surface area contributed by atoms with E-state index < -0.39 is 6.09 Å². The first-order valence-corrected chi connectivity index (χ1v) is 10.1. The maximum absolute atomic E-state index is 11.8. The molecule has 5 nitrogen and oxygen atoms in total. The van der Waals surface area contributed by atoms with Gasteiger partial charge in [-0.3, -0.25) is 5.32 Å². The van der Waals surface area contributed by atoms with Crippen LogP contribution in [0, 0.1) is 18.3 Å². The number of ether oxygens (including phenoxy) is 1. The van der Waals surface area contributed by atoms with Crippen LogP contribution in [-0.4, -0.2) is 16.8 Å². The van der Waals surface area contributed by atoms with E-state index >= 15 is 0 Å². The van der Waals surface area contributed by atoms with Crippen LogP contribution in [0.15, 0.2) is 42.5 Å². The normalized spacial score (nSPS) is 13.9. The Bertz CT molecular complexity index is 1100. The number of hydrogen-bond acceptors (Lipinski definition) is 3. The third kappa shape index (κ3) is 3.58. The Labute approximate surface area is 170 Å². The lowest BCUT2D eigenvalue weighted by Crippen LogP contribution is -2.18. The Balaban J connectivity index is 1.77. The minimum Gasteiger partial charge on any atom is -0.447 e. The van der Waals surface area contributed by atoms with E-state index in [1.54, 1.807) is 0 Å². The molecule has 2 aromatic carbocycles. The van der Waals surface area contributed by atoms with Crippen LogP contribution in [0.1, 0.15) is 50.3 Å². The average Bonchev–Trinajstić information content (AvgIpc) is 2.93. The first kappa shape index (κ1) is 19.1. The fourth-order valence-electron chi connectivity index (χ4n) is 3.91. The Morgan fingerprint density at radius 2 is 1.93 bits per heavy atom. The molecule has 1 aliphatic rings. The number of benzene rings is 2. The number of hydrogen-bond donors (Lipinski definition) is 1. The molecule has 0 bridgehead atoms. The summed E-state index contributed by atoms with van der Waals surface area (Å²) in [6.07, 6.45) is 2.85. The van der Waals surface area contributed by atoms with Crippen molar-refractivity contribution in [3.8, 4) is 17.3 Å². The highest BCUT2D eigenvalue weighted by Crippen LogP contribution is 2.42. The van der Waals surface area contributed by atoms with Gasteiger partial charge in [-0.25, -0.2) is 4.79 Å². The van der Waals surface area contributed by atoms with Gasteiger partial charge in [0.05, 0.1) is 22.9 Å². The molecular formula is C24H25N3O2. The number of rotatable bonds is 4. The number of nitrogens with one attached hydrogen (secondary N) is 1. The molecule has 0 unspecified atom stereocenters. The van der Waals surface area contributed by atoms with E-state index in [1.165, 1.54) is 12.0 Å². The minimum absolute atomic E-state index is 0.172. The van der Waals surface area contributed by atoms with Crippen molar-refractivity contribution < 1.29 is 9.53 Å². The number of aryl methyl sites for hydroxylation is 1. The van der Waals surface area contributed by atoms with E-state index in [0.717, 1.165) is 35.0 Å². The molecule has 4 rings (SSSR count). The molecule has 0 atom stereocenters. The highest BCUT2D eigenvalue weighted by atomic mass is 16.6. The van der Waals surface area contributed by atoms with Crippen molar-refractivity contribution in [3.05, 3.63) is 53.6 Å². The lowest BCUT2D eigenvalue weighted by atomic mass is 9.92. The van der Waals surface area contributed by atoms with Gasteiger partial charge in [-0.15, -0.1) is 0 Å². The Hall–Kier alpha value is -3.26. The molecule has 0 saturated heterocycles. The molecule has 1 amide bonds. The molecule has 1 saturated carbocycles. The SMILES string of the molecule is Cc1ccc2c(C#N)c(-c3ccc(NC(=O)OC(C)C)cc3)n(C3CCC3)c2c1. The van der Waals surface area contributed by atoms with Crippen molar-refractivity contribution in [1.82, 2.24) is 4.57 Å². The van der Waals surface area contributed by atoms with Crippen LogP contribution in [0.25, 0.3) is 22.2 Å². The van der Waals surface area contributed by atoms with Crippen molar-refractivity contribution in [1.29, 1.82) is 5.26 Å². The minimum atomic E-state index is -0.468. The lowest BCUT2D eigenvalue weighted by Gasteiger charge is -2.30. The van der Waals surface area contributed by atoms with Gasteiger partial charge in [0.1, 0.15) is 6.07 Å². The first-order chi connectivity index (χ1) is 14.0. The van der Waals surface area contributed by atoms with Gasteiger partial charge >= 0.3 is 6.09 Å². The summed E-state index contributed by atoms with van der Waals surface area (Å²) in [5, 5.41) is 13.7. The molecule has 0 radical (unpaired) electrons. The Morgan fingerprint density at radius 1 is 1.21 bits per heavy atom. The van der Waals surface area contributed by atoms with Crippen LogP contribution in [0.3, 0.4) is 0 Å².